The largest absolute Gasteiger partial charge is 0.497 e. The zero-order chi connectivity index (χ0) is 19.3. The number of hydrogen-bond acceptors (Lipinski definition) is 5. The van der Waals surface area contributed by atoms with Crippen LogP contribution in [0.1, 0.15) is 12.8 Å². The van der Waals surface area contributed by atoms with Crippen molar-refractivity contribution in [3.8, 4) is 11.5 Å². The van der Waals surface area contributed by atoms with Crippen LogP contribution < -0.4 is 14.8 Å². The molecule has 0 aromatic heterocycles. The lowest BCUT2D eigenvalue weighted by atomic mass is 10.1. The Kier molecular flexibility index (Phi) is 9.79. The fourth-order valence-corrected chi connectivity index (χ4v) is 2.80. The number of aliphatic imine (C=N–C) groups is 1. The summed E-state index contributed by atoms with van der Waals surface area (Å²) in [5.74, 6) is 3.08. The lowest BCUT2D eigenvalue weighted by molar-refractivity contribution is 0.0887. The van der Waals surface area contributed by atoms with Crippen molar-refractivity contribution in [2.45, 2.75) is 12.8 Å². The highest BCUT2D eigenvalue weighted by molar-refractivity contribution is 5.79. The second-order valence-corrected chi connectivity index (χ2v) is 6.58. The first-order valence-electron chi connectivity index (χ1n) is 9.57. The second-order valence-electron chi connectivity index (χ2n) is 6.58. The van der Waals surface area contributed by atoms with E-state index in [0.29, 0.717) is 12.5 Å². The van der Waals surface area contributed by atoms with Gasteiger partial charge in [-0.05, 0) is 37.1 Å². The highest BCUT2D eigenvalue weighted by Crippen LogP contribution is 2.16. The summed E-state index contributed by atoms with van der Waals surface area (Å²) in [6, 6.07) is 7.59. The first-order chi connectivity index (χ1) is 13.2. The van der Waals surface area contributed by atoms with Gasteiger partial charge in [0.1, 0.15) is 18.1 Å². The lowest BCUT2D eigenvalue weighted by Crippen LogP contribution is -2.41. The third kappa shape index (κ3) is 8.05. The van der Waals surface area contributed by atoms with Gasteiger partial charge in [0.25, 0.3) is 0 Å². The number of nitrogens with zero attached hydrogens (tertiary/aromatic N) is 2. The van der Waals surface area contributed by atoms with E-state index in [1.165, 1.54) is 0 Å². The van der Waals surface area contributed by atoms with Crippen LogP contribution in [0.4, 0.5) is 0 Å². The number of rotatable bonds is 11. The predicted octanol–water partition coefficient (Wildman–Crippen LogP) is 2.02. The van der Waals surface area contributed by atoms with Crippen LogP contribution in [0.3, 0.4) is 0 Å². The number of guanidine groups is 1. The molecular formula is C20H33N3O4. The number of methoxy groups -OCH3 is 1. The molecule has 1 aliphatic rings. The number of hydrogen-bond donors (Lipinski definition) is 1. The van der Waals surface area contributed by atoms with Crippen LogP contribution >= 0.6 is 0 Å². The van der Waals surface area contributed by atoms with E-state index in [1.54, 1.807) is 14.2 Å². The Labute approximate surface area is 162 Å². The van der Waals surface area contributed by atoms with Crippen LogP contribution in [0.15, 0.2) is 29.3 Å². The fourth-order valence-electron chi connectivity index (χ4n) is 2.80. The average molecular weight is 380 g/mol. The van der Waals surface area contributed by atoms with Crippen molar-refractivity contribution in [2.24, 2.45) is 10.9 Å². The minimum Gasteiger partial charge on any atom is -0.497 e. The number of likely N-dealkylation sites (N-methyl/N-ethyl adjacent to an activating group) is 1. The standard InChI is InChI=1S/C20H33N3O4/c1-21-20(22-10-4-12-25-15-17-9-13-26-16-17)23(2)11-14-27-19-7-5-18(24-3)6-8-19/h5-8,17H,4,9-16H2,1-3H3,(H,21,22). The van der Waals surface area contributed by atoms with Gasteiger partial charge in [-0.15, -0.1) is 0 Å². The van der Waals surface area contributed by atoms with Crippen molar-refractivity contribution in [1.29, 1.82) is 0 Å². The van der Waals surface area contributed by atoms with Crippen molar-refractivity contribution in [2.75, 3.05) is 67.3 Å². The van der Waals surface area contributed by atoms with Gasteiger partial charge in [-0.3, -0.25) is 4.99 Å². The van der Waals surface area contributed by atoms with Gasteiger partial charge in [0.05, 0.1) is 26.9 Å². The molecule has 0 aliphatic carbocycles. The maximum Gasteiger partial charge on any atom is 0.193 e. The normalized spacial score (nSPS) is 17.0. The lowest BCUT2D eigenvalue weighted by Gasteiger charge is -2.22. The van der Waals surface area contributed by atoms with Gasteiger partial charge in [0.2, 0.25) is 0 Å². The molecule has 0 spiro atoms. The summed E-state index contributed by atoms with van der Waals surface area (Å²) in [6.45, 7) is 5.42. The Balaban J connectivity index is 1.55. The fraction of sp³-hybridized carbons (Fsp3) is 0.650. The molecule has 27 heavy (non-hydrogen) atoms. The molecule has 7 heteroatoms. The van der Waals surface area contributed by atoms with Gasteiger partial charge in [0.15, 0.2) is 5.96 Å². The SMILES string of the molecule is CN=C(NCCCOCC1CCOC1)N(C)CCOc1ccc(OC)cc1. The minimum atomic E-state index is 0.572. The summed E-state index contributed by atoms with van der Waals surface area (Å²) in [5.41, 5.74) is 0. The molecule has 1 atom stereocenters. The van der Waals surface area contributed by atoms with Crippen molar-refractivity contribution < 1.29 is 18.9 Å². The van der Waals surface area contributed by atoms with Crippen molar-refractivity contribution in [1.82, 2.24) is 10.2 Å². The van der Waals surface area contributed by atoms with Crippen molar-refractivity contribution >= 4 is 5.96 Å². The highest BCUT2D eigenvalue weighted by Gasteiger charge is 2.15. The molecule has 1 aliphatic heterocycles. The van der Waals surface area contributed by atoms with E-state index >= 15 is 0 Å². The van der Waals surface area contributed by atoms with Gasteiger partial charge < -0.3 is 29.2 Å². The molecule has 1 saturated heterocycles. The molecule has 1 aromatic carbocycles. The van der Waals surface area contributed by atoms with Crippen LogP contribution in [-0.2, 0) is 9.47 Å². The van der Waals surface area contributed by atoms with Crippen molar-refractivity contribution in [3.63, 3.8) is 0 Å². The summed E-state index contributed by atoms with van der Waals surface area (Å²) in [5, 5.41) is 3.36. The molecule has 0 radical (unpaired) electrons. The van der Waals surface area contributed by atoms with Gasteiger partial charge >= 0.3 is 0 Å². The molecule has 1 aromatic rings. The summed E-state index contributed by atoms with van der Waals surface area (Å²) < 4.78 is 22.0. The van der Waals surface area contributed by atoms with E-state index < -0.39 is 0 Å². The second kappa shape index (κ2) is 12.4. The molecule has 1 N–H and O–H groups in total. The van der Waals surface area contributed by atoms with E-state index in [2.05, 4.69) is 15.2 Å². The van der Waals surface area contributed by atoms with Crippen LogP contribution in [0.5, 0.6) is 11.5 Å². The first kappa shape index (κ1) is 21.3. The maximum absolute atomic E-state index is 5.77. The summed E-state index contributed by atoms with van der Waals surface area (Å²) in [4.78, 5) is 6.37. The molecule has 2 rings (SSSR count). The van der Waals surface area contributed by atoms with E-state index in [9.17, 15) is 0 Å². The molecule has 1 heterocycles. The topological polar surface area (TPSA) is 64.6 Å². The van der Waals surface area contributed by atoms with Gasteiger partial charge in [-0.2, -0.15) is 0 Å². The Bertz CT molecular complexity index is 545. The number of benzene rings is 1. The third-order valence-electron chi connectivity index (χ3n) is 4.45. The zero-order valence-corrected chi connectivity index (χ0v) is 16.8. The van der Waals surface area contributed by atoms with E-state index in [4.69, 9.17) is 18.9 Å². The summed E-state index contributed by atoms with van der Waals surface area (Å²) in [6.07, 6.45) is 2.07. The molecule has 152 valence electrons. The van der Waals surface area contributed by atoms with Gasteiger partial charge in [-0.1, -0.05) is 0 Å². The Hall–Kier alpha value is -1.99. The summed E-state index contributed by atoms with van der Waals surface area (Å²) in [7, 11) is 5.45. The highest BCUT2D eigenvalue weighted by atomic mass is 16.5. The van der Waals surface area contributed by atoms with Crippen LogP contribution in [-0.4, -0.2) is 78.2 Å². The van der Waals surface area contributed by atoms with Crippen LogP contribution in [0.2, 0.25) is 0 Å². The number of ether oxygens (including phenoxy) is 4. The first-order valence-corrected chi connectivity index (χ1v) is 9.57. The molecule has 0 amide bonds. The van der Waals surface area contributed by atoms with Crippen LogP contribution in [0, 0.1) is 5.92 Å². The third-order valence-corrected chi connectivity index (χ3v) is 4.45. The summed E-state index contributed by atoms with van der Waals surface area (Å²) >= 11 is 0. The van der Waals surface area contributed by atoms with Crippen molar-refractivity contribution in [3.05, 3.63) is 24.3 Å². The molecular weight excluding hydrogens is 346 g/mol. The predicted molar refractivity (Wildman–Crippen MR) is 107 cm³/mol. The molecule has 1 unspecified atom stereocenters. The molecule has 1 fully saturated rings. The van der Waals surface area contributed by atoms with Gasteiger partial charge in [-0.25, -0.2) is 0 Å². The minimum absolute atomic E-state index is 0.572. The molecule has 7 nitrogen and oxygen atoms in total. The van der Waals surface area contributed by atoms with Crippen LogP contribution in [0.25, 0.3) is 0 Å². The van der Waals surface area contributed by atoms with Gasteiger partial charge in [0, 0.05) is 39.8 Å². The maximum atomic E-state index is 5.77. The van der Waals surface area contributed by atoms with E-state index in [-0.39, 0.29) is 0 Å². The quantitative estimate of drug-likeness (QED) is 0.361. The molecule has 0 saturated carbocycles. The Morgan fingerprint density at radius 3 is 2.70 bits per heavy atom. The smallest absolute Gasteiger partial charge is 0.193 e. The van der Waals surface area contributed by atoms with E-state index in [1.807, 2.05) is 31.3 Å². The Morgan fingerprint density at radius 2 is 2.04 bits per heavy atom. The zero-order valence-electron chi connectivity index (χ0n) is 16.8. The monoisotopic (exact) mass is 379 g/mol. The molecule has 0 bridgehead atoms. The Morgan fingerprint density at radius 1 is 1.26 bits per heavy atom. The average Bonchev–Trinajstić information content (AvgIpc) is 3.21. The number of nitrogens with one attached hydrogen (secondary N) is 1. The van der Waals surface area contributed by atoms with E-state index in [0.717, 1.165) is 69.8 Å².